The molecule has 20 heavy (non-hydrogen) atoms. The fourth-order valence-electron chi connectivity index (χ4n) is 2.86. The van der Waals surface area contributed by atoms with Gasteiger partial charge in [-0.1, -0.05) is 25.5 Å². The summed E-state index contributed by atoms with van der Waals surface area (Å²) in [4.78, 5) is 14.2. The molecule has 1 aromatic rings. The van der Waals surface area contributed by atoms with E-state index in [0.717, 1.165) is 38.0 Å². The summed E-state index contributed by atoms with van der Waals surface area (Å²) in [5.74, 6) is 0.123. The van der Waals surface area contributed by atoms with Gasteiger partial charge in [0, 0.05) is 24.8 Å². The average molecular weight is 275 g/mol. The Bertz CT molecular complexity index is 473. The Labute approximate surface area is 121 Å². The topological polar surface area (TPSA) is 58.4 Å². The first kappa shape index (κ1) is 14.9. The number of anilines is 1. The van der Waals surface area contributed by atoms with Crippen molar-refractivity contribution < 1.29 is 4.79 Å². The number of nitrogens with one attached hydrogen (secondary N) is 1. The van der Waals surface area contributed by atoms with E-state index >= 15 is 0 Å². The van der Waals surface area contributed by atoms with Gasteiger partial charge < -0.3 is 11.1 Å². The van der Waals surface area contributed by atoms with Gasteiger partial charge in [-0.25, -0.2) is 0 Å². The van der Waals surface area contributed by atoms with Gasteiger partial charge in [-0.05, 0) is 37.0 Å². The van der Waals surface area contributed by atoms with E-state index in [4.69, 9.17) is 5.73 Å². The first-order valence-electron chi connectivity index (χ1n) is 7.48. The normalized spacial score (nSPS) is 16.5. The molecule has 0 aliphatic carbocycles. The third kappa shape index (κ3) is 3.73. The Morgan fingerprint density at radius 1 is 1.50 bits per heavy atom. The first-order chi connectivity index (χ1) is 9.60. The van der Waals surface area contributed by atoms with Gasteiger partial charge in [0.2, 0.25) is 5.91 Å². The first-order valence-corrected chi connectivity index (χ1v) is 7.48. The van der Waals surface area contributed by atoms with Crippen LogP contribution < -0.4 is 11.1 Å². The molecule has 0 aromatic heterocycles. The lowest BCUT2D eigenvalue weighted by Crippen LogP contribution is -2.42. The Morgan fingerprint density at radius 3 is 3.05 bits per heavy atom. The molecule has 0 radical (unpaired) electrons. The summed E-state index contributed by atoms with van der Waals surface area (Å²) in [6.07, 6.45) is 3.06. The van der Waals surface area contributed by atoms with Crippen molar-refractivity contribution in [2.45, 2.75) is 45.7 Å². The summed E-state index contributed by atoms with van der Waals surface area (Å²) in [6.45, 7) is 6.39. The van der Waals surface area contributed by atoms with Crippen molar-refractivity contribution in [3.63, 3.8) is 0 Å². The number of amides is 1. The number of carbonyl (C=O) groups is 1. The summed E-state index contributed by atoms with van der Waals surface area (Å²) < 4.78 is 0. The number of nitrogens with two attached hydrogens (primary N) is 1. The number of nitrogen functional groups attached to an aromatic ring is 1. The van der Waals surface area contributed by atoms with Crippen molar-refractivity contribution in [2.24, 2.45) is 0 Å². The number of hydrogen-bond donors (Lipinski definition) is 2. The van der Waals surface area contributed by atoms with Gasteiger partial charge in [-0.3, -0.25) is 9.69 Å². The molecular formula is C16H25N3O. The lowest BCUT2D eigenvalue weighted by atomic mass is 9.98. The van der Waals surface area contributed by atoms with Crippen molar-refractivity contribution in [1.29, 1.82) is 0 Å². The lowest BCUT2D eigenvalue weighted by molar-refractivity contribution is -0.123. The van der Waals surface area contributed by atoms with Crippen molar-refractivity contribution >= 4 is 11.6 Å². The summed E-state index contributed by atoms with van der Waals surface area (Å²) in [6, 6.07) is 6.31. The fraction of sp³-hybridized carbons (Fsp3) is 0.562. The molecule has 0 fully saturated rings. The minimum absolute atomic E-state index is 0.123. The van der Waals surface area contributed by atoms with Gasteiger partial charge in [-0.2, -0.15) is 0 Å². The molecule has 0 saturated heterocycles. The molecule has 0 spiro atoms. The largest absolute Gasteiger partial charge is 0.398 e. The van der Waals surface area contributed by atoms with Crippen LogP contribution in [0.2, 0.25) is 0 Å². The molecule has 0 bridgehead atoms. The van der Waals surface area contributed by atoms with E-state index in [1.54, 1.807) is 0 Å². The highest BCUT2D eigenvalue weighted by Crippen LogP contribution is 2.23. The highest BCUT2D eigenvalue weighted by molar-refractivity contribution is 5.78. The smallest absolute Gasteiger partial charge is 0.234 e. The summed E-state index contributed by atoms with van der Waals surface area (Å²) in [5, 5.41) is 3.06. The maximum Gasteiger partial charge on any atom is 0.234 e. The molecule has 1 aliphatic rings. The Balaban J connectivity index is 1.88. The molecule has 1 unspecified atom stereocenters. The molecular weight excluding hydrogens is 250 g/mol. The average Bonchev–Trinajstić information content (AvgIpc) is 2.38. The second-order valence-corrected chi connectivity index (χ2v) is 5.70. The molecule has 3 N–H and O–H groups in total. The zero-order chi connectivity index (χ0) is 14.5. The standard InChI is InChI=1S/C16H25N3O/c1-3-5-12(2)18-16(20)11-19-9-8-14-13(10-19)6-4-7-15(14)17/h4,6-7,12H,3,5,8-11,17H2,1-2H3,(H,18,20). The predicted molar refractivity (Wildman–Crippen MR) is 82.3 cm³/mol. The zero-order valence-electron chi connectivity index (χ0n) is 12.5. The van der Waals surface area contributed by atoms with Gasteiger partial charge in [0.15, 0.2) is 0 Å². The minimum atomic E-state index is 0.123. The quantitative estimate of drug-likeness (QED) is 0.807. The van der Waals surface area contributed by atoms with Crippen molar-refractivity contribution in [1.82, 2.24) is 10.2 Å². The Kier molecular flexibility index (Phi) is 5.01. The van der Waals surface area contributed by atoms with Crippen LogP contribution in [0.3, 0.4) is 0 Å². The predicted octanol–water partition coefficient (Wildman–Crippen LogP) is 1.93. The Morgan fingerprint density at radius 2 is 2.30 bits per heavy atom. The van der Waals surface area contributed by atoms with Crippen LogP contribution in [0.25, 0.3) is 0 Å². The molecule has 1 aromatic carbocycles. The van der Waals surface area contributed by atoms with E-state index in [1.165, 1.54) is 11.1 Å². The third-order valence-corrected chi connectivity index (χ3v) is 3.88. The fourth-order valence-corrected chi connectivity index (χ4v) is 2.86. The van der Waals surface area contributed by atoms with Gasteiger partial charge >= 0.3 is 0 Å². The zero-order valence-corrected chi connectivity index (χ0v) is 12.5. The summed E-state index contributed by atoms with van der Waals surface area (Å²) >= 11 is 0. The Hall–Kier alpha value is -1.55. The SMILES string of the molecule is CCCC(C)NC(=O)CN1CCc2c(N)cccc2C1. The highest BCUT2D eigenvalue weighted by atomic mass is 16.2. The molecule has 0 saturated carbocycles. The monoisotopic (exact) mass is 275 g/mol. The van der Waals surface area contributed by atoms with E-state index < -0.39 is 0 Å². The molecule has 2 rings (SSSR count). The van der Waals surface area contributed by atoms with Crippen molar-refractivity contribution in [3.05, 3.63) is 29.3 Å². The van der Waals surface area contributed by atoms with Gasteiger partial charge in [0.05, 0.1) is 6.54 Å². The van der Waals surface area contributed by atoms with Crippen molar-refractivity contribution in [2.75, 3.05) is 18.8 Å². The van der Waals surface area contributed by atoms with Crippen LogP contribution in [-0.2, 0) is 17.8 Å². The van der Waals surface area contributed by atoms with E-state index in [1.807, 2.05) is 12.1 Å². The van der Waals surface area contributed by atoms with Crippen LogP contribution >= 0.6 is 0 Å². The number of hydrogen-bond acceptors (Lipinski definition) is 3. The van der Waals surface area contributed by atoms with E-state index in [0.29, 0.717) is 6.54 Å². The van der Waals surface area contributed by atoms with E-state index in [-0.39, 0.29) is 11.9 Å². The van der Waals surface area contributed by atoms with Gasteiger partial charge in [0.25, 0.3) is 0 Å². The lowest BCUT2D eigenvalue weighted by Gasteiger charge is -2.29. The van der Waals surface area contributed by atoms with Crippen LogP contribution in [0.4, 0.5) is 5.69 Å². The van der Waals surface area contributed by atoms with Gasteiger partial charge in [0.1, 0.15) is 0 Å². The number of fused-ring (bicyclic) bond motifs is 1. The number of rotatable bonds is 5. The molecule has 4 nitrogen and oxygen atoms in total. The van der Waals surface area contributed by atoms with Crippen LogP contribution in [-0.4, -0.2) is 29.9 Å². The van der Waals surface area contributed by atoms with E-state index in [9.17, 15) is 4.79 Å². The molecule has 1 atom stereocenters. The minimum Gasteiger partial charge on any atom is -0.398 e. The van der Waals surface area contributed by atoms with Crippen LogP contribution in [0.5, 0.6) is 0 Å². The summed E-state index contributed by atoms with van der Waals surface area (Å²) in [5.41, 5.74) is 9.38. The van der Waals surface area contributed by atoms with Crippen LogP contribution in [0.1, 0.15) is 37.8 Å². The van der Waals surface area contributed by atoms with Crippen LogP contribution in [0.15, 0.2) is 18.2 Å². The molecule has 110 valence electrons. The maximum atomic E-state index is 12.0. The van der Waals surface area contributed by atoms with E-state index in [2.05, 4.69) is 30.1 Å². The molecule has 1 aliphatic heterocycles. The number of benzene rings is 1. The summed E-state index contributed by atoms with van der Waals surface area (Å²) in [7, 11) is 0. The molecule has 1 heterocycles. The number of carbonyl (C=O) groups excluding carboxylic acids is 1. The highest BCUT2D eigenvalue weighted by Gasteiger charge is 2.20. The number of nitrogens with zero attached hydrogens (tertiary/aromatic N) is 1. The van der Waals surface area contributed by atoms with Gasteiger partial charge in [-0.15, -0.1) is 0 Å². The van der Waals surface area contributed by atoms with Crippen molar-refractivity contribution in [3.8, 4) is 0 Å². The molecule has 1 amide bonds. The second kappa shape index (κ2) is 6.75. The second-order valence-electron chi connectivity index (χ2n) is 5.70. The van der Waals surface area contributed by atoms with Crippen LogP contribution in [0, 0.1) is 0 Å². The maximum absolute atomic E-state index is 12.0. The third-order valence-electron chi connectivity index (χ3n) is 3.88. The molecule has 4 heteroatoms.